The van der Waals surface area contributed by atoms with Crippen molar-refractivity contribution in [3.05, 3.63) is 47.6 Å². The molecule has 1 aromatic rings. The molecule has 1 rings (SSSR count). The summed E-state index contributed by atoms with van der Waals surface area (Å²) in [5.74, 6) is 0.486. The van der Waals surface area contributed by atoms with Gasteiger partial charge in [0.15, 0.2) is 0 Å². The molecule has 1 aromatic carbocycles. The number of rotatable bonds is 8. The molecule has 0 radical (unpaired) electrons. The lowest BCUT2D eigenvalue weighted by Gasteiger charge is -2.04. The normalized spacial score (nSPS) is 10.2. The zero-order valence-electron chi connectivity index (χ0n) is 13.9. The fourth-order valence-corrected chi connectivity index (χ4v) is 1.63. The van der Waals surface area contributed by atoms with Gasteiger partial charge in [0, 0.05) is 26.1 Å². The summed E-state index contributed by atoms with van der Waals surface area (Å²) in [6.45, 7) is 6.87. The zero-order valence-corrected chi connectivity index (χ0v) is 13.9. The molecule has 2 amide bonds. The van der Waals surface area contributed by atoms with E-state index in [0.29, 0.717) is 19.7 Å². The van der Waals surface area contributed by atoms with E-state index in [9.17, 15) is 9.59 Å². The van der Waals surface area contributed by atoms with Crippen LogP contribution in [0.4, 0.5) is 0 Å². The van der Waals surface area contributed by atoms with Crippen LogP contribution in [0.1, 0.15) is 26.3 Å². The second kappa shape index (κ2) is 10.2. The largest absolute Gasteiger partial charge is 0.490 e. The van der Waals surface area contributed by atoms with Crippen molar-refractivity contribution >= 4 is 17.9 Å². The zero-order chi connectivity index (χ0) is 17.1. The summed E-state index contributed by atoms with van der Waals surface area (Å²) in [6, 6.07) is 7.51. The van der Waals surface area contributed by atoms with E-state index in [0.717, 1.165) is 11.3 Å². The van der Waals surface area contributed by atoms with Crippen molar-refractivity contribution < 1.29 is 14.3 Å². The first-order chi connectivity index (χ1) is 11.0. The van der Waals surface area contributed by atoms with Crippen LogP contribution in [0, 0.1) is 0 Å². The molecule has 23 heavy (non-hydrogen) atoms. The molecule has 0 saturated heterocycles. The first-order valence-corrected chi connectivity index (χ1v) is 7.54. The molecule has 0 aromatic heterocycles. The van der Waals surface area contributed by atoms with Gasteiger partial charge in [0.05, 0.1) is 0 Å². The fourth-order valence-electron chi connectivity index (χ4n) is 1.63. The minimum atomic E-state index is -0.195. The predicted octanol–water partition coefficient (Wildman–Crippen LogP) is 2.30. The van der Waals surface area contributed by atoms with Crippen LogP contribution in [0.3, 0.4) is 0 Å². The van der Waals surface area contributed by atoms with Gasteiger partial charge in [-0.1, -0.05) is 17.7 Å². The average Bonchev–Trinajstić information content (AvgIpc) is 2.50. The lowest BCUT2D eigenvalue weighted by atomic mass is 10.2. The first-order valence-electron chi connectivity index (χ1n) is 7.54. The molecular weight excluding hydrogens is 292 g/mol. The standard InChI is InChI=1S/C18H24N2O3/c1-14(2)10-13-23-17-7-4-16(5-8-17)6-9-18(22)20-12-11-19-15(3)21/h4-10H,11-13H2,1-3H3,(H,19,21)(H,20,22)/b9-6+. The average molecular weight is 316 g/mol. The summed E-state index contributed by atoms with van der Waals surface area (Å²) in [5, 5.41) is 5.30. The van der Waals surface area contributed by atoms with Gasteiger partial charge in [0.25, 0.3) is 0 Å². The van der Waals surface area contributed by atoms with Gasteiger partial charge >= 0.3 is 0 Å². The molecule has 0 atom stereocenters. The maximum atomic E-state index is 11.6. The number of carbonyl (C=O) groups excluding carboxylic acids is 2. The molecule has 0 saturated carbocycles. The van der Waals surface area contributed by atoms with Gasteiger partial charge in [-0.05, 0) is 43.7 Å². The van der Waals surface area contributed by atoms with E-state index in [4.69, 9.17) is 4.74 Å². The molecule has 0 fully saturated rings. The van der Waals surface area contributed by atoms with Crippen molar-refractivity contribution in [2.45, 2.75) is 20.8 Å². The molecule has 124 valence electrons. The lowest BCUT2D eigenvalue weighted by molar-refractivity contribution is -0.119. The van der Waals surface area contributed by atoms with E-state index in [1.54, 1.807) is 6.08 Å². The van der Waals surface area contributed by atoms with Crippen molar-refractivity contribution in [2.75, 3.05) is 19.7 Å². The second-order valence-corrected chi connectivity index (χ2v) is 5.27. The maximum Gasteiger partial charge on any atom is 0.244 e. The van der Waals surface area contributed by atoms with E-state index in [2.05, 4.69) is 10.6 Å². The summed E-state index contributed by atoms with van der Waals surface area (Å²) in [7, 11) is 0. The molecule has 0 heterocycles. The lowest BCUT2D eigenvalue weighted by Crippen LogP contribution is -2.32. The highest BCUT2D eigenvalue weighted by Crippen LogP contribution is 2.13. The number of hydrogen-bond acceptors (Lipinski definition) is 3. The number of amides is 2. The molecular formula is C18H24N2O3. The Hall–Kier alpha value is -2.56. The van der Waals surface area contributed by atoms with Crippen LogP contribution in [0.2, 0.25) is 0 Å². The fraction of sp³-hybridized carbons (Fsp3) is 0.333. The van der Waals surface area contributed by atoms with Gasteiger partial charge < -0.3 is 15.4 Å². The molecule has 5 heteroatoms. The van der Waals surface area contributed by atoms with Crippen LogP contribution in [0.5, 0.6) is 5.75 Å². The van der Waals surface area contributed by atoms with Crippen LogP contribution in [0.15, 0.2) is 42.0 Å². The Bertz CT molecular complexity index is 570. The van der Waals surface area contributed by atoms with Gasteiger partial charge in [-0.25, -0.2) is 0 Å². The van der Waals surface area contributed by atoms with E-state index in [1.807, 2.05) is 44.2 Å². The van der Waals surface area contributed by atoms with E-state index in [-0.39, 0.29) is 11.8 Å². The molecule has 0 unspecified atom stereocenters. The SMILES string of the molecule is CC(=O)NCCNC(=O)/C=C/c1ccc(OCC=C(C)C)cc1. The van der Waals surface area contributed by atoms with Crippen molar-refractivity contribution in [3.8, 4) is 5.75 Å². The minimum Gasteiger partial charge on any atom is -0.490 e. The number of carbonyl (C=O) groups is 2. The number of benzene rings is 1. The van der Waals surface area contributed by atoms with Crippen molar-refractivity contribution in [1.29, 1.82) is 0 Å². The van der Waals surface area contributed by atoms with Crippen LogP contribution >= 0.6 is 0 Å². The summed E-state index contributed by atoms with van der Waals surface area (Å²) in [6.07, 6.45) is 5.21. The van der Waals surface area contributed by atoms with Gasteiger partial charge in [-0.2, -0.15) is 0 Å². The maximum absolute atomic E-state index is 11.6. The highest BCUT2D eigenvalue weighted by molar-refractivity contribution is 5.91. The van der Waals surface area contributed by atoms with Crippen molar-refractivity contribution in [2.24, 2.45) is 0 Å². The highest BCUT2D eigenvalue weighted by Gasteiger charge is 1.96. The topological polar surface area (TPSA) is 67.4 Å². The Morgan fingerprint density at radius 2 is 1.70 bits per heavy atom. The van der Waals surface area contributed by atoms with Crippen molar-refractivity contribution in [1.82, 2.24) is 10.6 Å². The summed E-state index contributed by atoms with van der Waals surface area (Å²) < 4.78 is 5.57. The Morgan fingerprint density at radius 3 is 2.30 bits per heavy atom. The molecule has 0 aliphatic heterocycles. The number of nitrogens with one attached hydrogen (secondary N) is 2. The van der Waals surface area contributed by atoms with Gasteiger partial charge in [0.1, 0.15) is 12.4 Å². The Balaban J connectivity index is 2.37. The summed E-state index contributed by atoms with van der Waals surface area (Å²) in [5.41, 5.74) is 2.13. The quantitative estimate of drug-likeness (QED) is 0.439. The molecule has 0 bridgehead atoms. The molecule has 2 N–H and O–H groups in total. The predicted molar refractivity (Wildman–Crippen MR) is 92.1 cm³/mol. The monoisotopic (exact) mass is 316 g/mol. The summed E-state index contributed by atoms with van der Waals surface area (Å²) >= 11 is 0. The molecule has 5 nitrogen and oxygen atoms in total. The molecule has 0 spiro atoms. The summed E-state index contributed by atoms with van der Waals surface area (Å²) in [4.78, 5) is 22.3. The smallest absolute Gasteiger partial charge is 0.244 e. The Kier molecular flexibility index (Phi) is 8.21. The Labute approximate surface area is 137 Å². The third-order valence-corrected chi connectivity index (χ3v) is 2.85. The number of allylic oxidation sites excluding steroid dienone is 1. The molecule has 0 aliphatic carbocycles. The first kappa shape index (κ1) is 18.5. The third kappa shape index (κ3) is 9.14. The van der Waals surface area contributed by atoms with Crippen LogP contribution < -0.4 is 15.4 Å². The highest BCUT2D eigenvalue weighted by atomic mass is 16.5. The van der Waals surface area contributed by atoms with E-state index in [1.165, 1.54) is 18.6 Å². The van der Waals surface area contributed by atoms with E-state index < -0.39 is 0 Å². The van der Waals surface area contributed by atoms with E-state index >= 15 is 0 Å². The Morgan fingerprint density at radius 1 is 1.04 bits per heavy atom. The van der Waals surface area contributed by atoms with Gasteiger partial charge in [-0.15, -0.1) is 0 Å². The van der Waals surface area contributed by atoms with Crippen molar-refractivity contribution in [3.63, 3.8) is 0 Å². The van der Waals surface area contributed by atoms with Gasteiger partial charge in [-0.3, -0.25) is 9.59 Å². The molecule has 0 aliphatic rings. The second-order valence-electron chi connectivity index (χ2n) is 5.27. The number of hydrogen-bond donors (Lipinski definition) is 2. The van der Waals surface area contributed by atoms with Crippen LogP contribution in [0.25, 0.3) is 6.08 Å². The van der Waals surface area contributed by atoms with Crippen LogP contribution in [-0.2, 0) is 9.59 Å². The number of ether oxygens (including phenoxy) is 1. The third-order valence-electron chi connectivity index (χ3n) is 2.85. The van der Waals surface area contributed by atoms with Gasteiger partial charge in [0.2, 0.25) is 11.8 Å². The van der Waals surface area contributed by atoms with Crippen LogP contribution in [-0.4, -0.2) is 31.5 Å². The minimum absolute atomic E-state index is 0.110.